The highest BCUT2D eigenvalue weighted by molar-refractivity contribution is 7.99. The summed E-state index contributed by atoms with van der Waals surface area (Å²) in [5, 5.41) is 0.364. The van der Waals surface area contributed by atoms with E-state index in [1.807, 2.05) is 36.1 Å². The average molecular weight is 495 g/mol. The molecule has 0 bridgehead atoms. The van der Waals surface area contributed by atoms with E-state index in [1.54, 1.807) is 12.3 Å². The van der Waals surface area contributed by atoms with E-state index in [0.717, 1.165) is 10.5 Å². The molecule has 3 aromatic rings. The summed E-state index contributed by atoms with van der Waals surface area (Å²) in [5.74, 6) is 0.920. The molecule has 1 spiro atoms. The standard InChI is InChI=1S/C24H27N7O3S/c1-13-16(7-10-28-19(13)26)35-22-20(27)30-21(17(29-22)23(32)33-2)31-11-8-24(9-12-31)18(25)14-5-3-4-6-15(14)34-24/h3-7,10,18H,8-9,11-12,25H2,1-2H3,(H2,26,28)(H2,27,30)/t18-/m1/s1/i18D. The van der Waals surface area contributed by atoms with Gasteiger partial charge in [-0.05, 0) is 19.1 Å². The minimum atomic E-state index is -1.39. The molecule has 182 valence electrons. The van der Waals surface area contributed by atoms with E-state index < -0.39 is 17.6 Å². The Hall–Kier alpha value is -3.57. The maximum Gasteiger partial charge on any atom is 0.360 e. The van der Waals surface area contributed by atoms with Gasteiger partial charge in [0, 0.05) is 48.2 Å². The van der Waals surface area contributed by atoms with Crippen molar-refractivity contribution in [1.82, 2.24) is 15.0 Å². The van der Waals surface area contributed by atoms with Gasteiger partial charge in [-0.25, -0.2) is 19.7 Å². The number of pyridine rings is 1. The van der Waals surface area contributed by atoms with E-state index in [2.05, 4.69) is 15.0 Å². The zero-order valence-electron chi connectivity index (χ0n) is 20.4. The Balaban J connectivity index is 1.44. The molecule has 2 aliphatic heterocycles. The number of esters is 1. The molecular formula is C24H27N7O3S. The maximum atomic E-state index is 12.7. The topological polar surface area (TPSA) is 155 Å². The van der Waals surface area contributed by atoms with Gasteiger partial charge >= 0.3 is 5.97 Å². The highest BCUT2D eigenvalue weighted by atomic mass is 32.2. The van der Waals surface area contributed by atoms with Gasteiger partial charge in [-0.15, -0.1) is 0 Å². The Morgan fingerprint density at radius 3 is 2.69 bits per heavy atom. The van der Waals surface area contributed by atoms with Crippen molar-refractivity contribution in [1.29, 1.82) is 0 Å². The van der Waals surface area contributed by atoms with Gasteiger partial charge in [0.2, 0.25) is 0 Å². The van der Waals surface area contributed by atoms with Crippen LogP contribution in [0.4, 0.5) is 17.5 Å². The summed E-state index contributed by atoms with van der Waals surface area (Å²) in [6.45, 7) is 2.73. The fourth-order valence-electron chi connectivity index (χ4n) is 4.44. The van der Waals surface area contributed by atoms with Crippen molar-refractivity contribution in [3.05, 3.63) is 53.3 Å². The number of anilines is 3. The molecule has 1 aromatic carbocycles. The smallest absolute Gasteiger partial charge is 0.360 e. The second kappa shape index (κ2) is 8.90. The first-order valence-electron chi connectivity index (χ1n) is 11.6. The number of carbonyl (C=O) groups is 1. The Kier molecular flexibility index (Phi) is 5.57. The largest absolute Gasteiger partial charge is 0.485 e. The van der Waals surface area contributed by atoms with Crippen molar-refractivity contribution >= 4 is 35.2 Å². The Morgan fingerprint density at radius 1 is 1.23 bits per heavy atom. The van der Waals surface area contributed by atoms with Crippen LogP contribution in [0.5, 0.6) is 5.75 Å². The number of benzene rings is 1. The number of fused-ring (bicyclic) bond motifs is 1. The lowest BCUT2D eigenvalue weighted by atomic mass is 9.83. The molecule has 6 N–H and O–H groups in total. The number of methoxy groups -OCH3 is 1. The van der Waals surface area contributed by atoms with Gasteiger partial charge in [-0.3, -0.25) is 0 Å². The molecule has 5 rings (SSSR count). The molecule has 0 saturated carbocycles. The highest BCUT2D eigenvalue weighted by Gasteiger charge is 2.48. The van der Waals surface area contributed by atoms with Crippen molar-refractivity contribution in [2.75, 3.05) is 36.6 Å². The summed E-state index contributed by atoms with van der Waals surface area (Å²) in [5.41, 5.74) is 19.4. The molecule has 2 aromatic heterocycles. The summed E-state index contributed by atoms with van der Waals surface area (Å²) in [6.07, 6.45) is 2.51. The zero-order chi connectivity index (χ0) is 25.7. The van der Waals surface area contributed by atoms with Crippen LogP contribution in [0.2, 0.25) is 0 Å². The van der Waals surface area contributed by atoms with Gasteiger partial charge in [0.25, 0.3) is 0 Å². The summed E-state index contributed by atoms with van der Waals surface area (Å²) in [7, 11) is 1.29. The number of aromatic nitrogens is 3. The van der Waals surface area contributed by atoms with Crippen LogP contribution in [0.25, 0.3) is 0 Å². The highest BCUT2D eigenvalue weighted by Crippen LogP contribution is 2.47. The molecule has 0 radical (unpaired) electrons. The maximum absolute atomic E-state index is 12.7. The molecule has 0 unspecified atom stereocenters. The number of nitrogens with zero attached hydrogens (tertiary/aromatic N) is 4. The lowest BCUT2D eigenvalue weighted by Gasteiger charge is -2.41. The lowest BCUT2D eigenvalue weighted by molar-refractivity contribution is 0.0429. The first kappa shape index (κ1) is 21.9. The van der Waals surface area contributed by atoms with Crippen LogP contribution in [0.15, 0.2) is 46.5 Å². The fourth-order valence-corrected chi connectivity index (χ4v) is 5.32. The van der Waals surface area contributed by atoms with Gasteiger partial charge in [0.05, 0.1) is 14.5 Å². The predicted molar refractivity (Wildman–Crippen MR) is 133 cm³/mol. The van der Waals surface area contributed by atoms with Crippen molar-refractivity contribution in [2.45, 2.75) is 41.3 Å². The third kappa shape index (κ3) is 4.00. The number of para-hydroxylation sites is 1. The van der Waals surface area contributed by atoms with Gasteiger partial charge in [-0.2, -0.15) is 0 Å². The Labute approximate surface area is 208 Å². The predicted octanol–water partition coefficient (Wildman–Crippen LogP) is 2.71. The van der Waals surface area contributed by atoms with Crippen molar-refractivity contribution in [2.24, 2.45) is 5.73 Å². The molecule has 0 amide bonds. The molecule has 4 heterocycles. The molecule has 1 saturated heterocycles. The molecular weight excluding hydrogens is 466 g/mol. The summed E-state index contributed by atoms with van der Waals surface area (Å²) in [6, 6.07) is 7.80. The van der Waals surface area contributed by atoms with Gasteiger partial charge < -0.3 is 31.6 Å². The second-order valence-corrected chi connectivity index (χ2v) is 9.52. The van der Waals surface area contributed by atoms with Gasteiger partial charge in [-0.1, -0.05) is 30.0 Å². The molecule has 2 aliphatic rings. The summed E-state index contributed by atoms with van der Waals surface area (Å²) < 4.78 is 20.2. The summed E-state index contributed by atoms with van der Waals surface area (Å²) in [4.78, 5) is 28.6. The Bertz CT molecular complexity index is 1350. The van der Waals surface area contributed by atoms with Crippen molar-refractivity contribution < 1.29 is 15.6 Å². The minimum Gasteiger partial charge on any atom is -0.485 e. The van der Waals surface area contributed by atoms with Crippen LogP contribution in [-0.4, -0.2) is 46.7 Å². The van der Waals surface area contributed by atoms with Crippen LogP contribution in [0.3, 0.4) is 0 Å². The molecule has 0 aliphatic carbocycles. The van der Waals surface area contributed by atoms with E-state index >= 15 is 0 Å². The second-order valence-electron chi connectivity index (χ2n) is 8.49. The third-order valence-corrected chi connectivity index (χ3v) is 7.65. The molecule has 35 heavy (non-hydrogen) atoms. The van der Waals surface area contributed by atoms with E-state index in [0.29, 0.717) is 53.9 Å². The summed E-state index contributed by atoms with van der Waals surface area (Å²) >= 11 is 1.25. The number of nitrogens with two attached hydrogens (primary N) is 3. The number of rotatable bonds is 4. The molecule has 11 heteroatoms. The number of carbonyl (C=O) groups excluding carboxylic acids is 1. The molecule has 10 nitrogen and oxygen atoms in total. The van der Waals surface area contributed by atoms with Gasteiger partial charge in [0.15, 0.2) is 17.3 Å². The van der Waals surface area contributed by atoms with Crippen LogP contribution in [-0.2, 0) is 4.74 Å². The number of nitrogen functional groups attached to an aromatic ring is 2. The third-order valence-electron chi connectivity index (χ3n) is 6.49. The SMILES string of the molecule is [2H][C@@]1(N)c2ccccc2OC12CCN(c1nc(N)c(Sc3ccnc(N)c3C)nc1C(=O)OC)CC2. The Morgan fingerprint density at radius 2 is 1.97 bits per heavy atom. The van der Waals surface area contributed by atoms with Crippen LogP contribution >= 0.6 is 11.8 Å². The van der Waals surface area contributed by atoms with Crippen molar-refractivity contribution in [3.63, 3.8) is 0 Å². The number of ether oxygens (including phenoxy) is 2. The number of hydrogen-bond acceptors (Lipinski definition) is 11. The monoisotopic (exact) mass is 494 g/mol. The van der Waals surface area contributed by atoms with Crippen LogP contribution in [0, 0.1) is 6.92 Å². The zero-order valence-corrected chi connectivity index (χ0v) is 20.3. The first-order valence-corrected chi connectivity index (χ1v) is 12.0. The number of piperidine rings is 1. The quantitative estimate of drug-likeness (QED) is 0.458. The molecule has 1 fully saturated rings. The van der Waals surface area contributed by atoms with E-state index in [4.69, 9.17) is 28.0 Å². The minimum absolute atomic E-state index is 0.0605. The van der Waals surface area contributed by atoms with Crippen LogP contribution < -0.4 is 26.8 Å². The average Bonchev–Trinajstić information content (AvgIpc) is 3.09. The lowest BCUT2D eigenvalue weighted by Crippen LogP contribution is -2.52. The van der Waals surface area contributed by atoms with Crippen molar-refractivity contribution in [3.8, 4) is 5.75 Å². The van der Waals surface area contributed by atoms with E-state index in [-0.39, 0.29) is 11.5 Å². The van der Waals surface area contributed by atoms with E-state index in [9.17, 15) is 4.79 Å². The van der Waals surface area contributed by atoms with E-state index in [1.165, 1.54) is 18.9 Å². The molecule has 1 atom stereocenters. The number of hydrogen-bond donors (Lipinski definition) is 3. The first-order chi connectivity index (χ1) is 17.2. The fraction of sp³-hybridized carbons (Fsp3) is 0.333. The van der Waals surface area contributed by atoms with Crippen LogP contribution in [0.1, 0.15) is 41.8 Å². The van der Waals surface area contributed by atoms with Gasteiger partial charge in [0.1, 0.15) is 22.2 Å². The normalized spacial score (nSPS) is 20.8.